The van der Waals surface area contributed by atoms with Gasteiger partial charge in [0.05, 0.1) is 5.56 Å². The van der Waals surface area contributed by atoms with Crippen LogP contribution in [0.1, 0.15) is 31.8 Å². The third-order valence-electron chi connectivity index (χ3n) is 3.98. The molecule has 2 heterocycles. The Morgan fingerprint density at radius 3 is 3.08 bits per heavy atom. The lowest BCUT2D eigenvalue weighted by Gasteiger charge is -2.07. The van der Waals surface area contributed by atoms with Gasteiger partial charge in [0.25, 0.3) is 17.8 Å². The van der Waals surface area contributed by atoms with E-state index in [0.29, 0.717) is 35.3 Å². The van der Waals surface area contributed by atoms with Gasteiger partial charge in [-0.2, -0.15) is 4.98 Å². The minimum absolute atomic E-state index is 0.0287. The topological polar surface area (TPSA) is 110 Å². The molecule has 4 N–H and O–H groups in total. The number of carbonyl (C=O) groups excluding carboxylic acids is 2. The maximum Gasteiger partial charge on any atom is 0.293 e. The molecule has 7 heteroatoms. The van der Waals surface area contributed by atoms with Crippen molar-refractivity contribution in [1.29, 1.82) is 0 Å². The Bertz CT molecular complexity index is 977. The Morgan fingerprint density at radius 2 is 2.21 bits per heavy atom. The number of anilines is 1. The third-order valence-corrected chi connectivity index (χ3v) is 3.98. The van der Waals surface area contributed by atoms with Crippen molar-refractivity contribution in [3.63, 3.8) is 0 Å². The molecule has 0 saturated heterocycles. The van der Waals surface area contributed by atoms with Gasteiger partial charge in [-0.05, 0) is 29.3 Å². The van der Waals surface area contributed by atoms with E-state index in [1.807, 2.05) is 12.1 Å². The lowest BCUT2D eigenvalue weighted by Crippen LogP contribution is -2.23. The number of benzene rings is 2. The number of hydrogen-bond donors (Lipinski definition) is 3. The van der Waals surface area contributed by atoms with Gasteiger partial charge in [-0.25, -0.2) is 0 Å². The highest BCUT2D eigenvalue weighted by molar-refractivity contribution is 6.04. The predicted octanol–water partition coefficient (Wildman–Crippen LogP) is 1.58. The monoisotopic (exact) mass is 322 g/mol. The lowest BCUT2D eigenvalue weighted by molar-refractivity contribution is 0.0947. The van der Waals surface area contributed by atoms with Crippen molar-refractivity contribution >= 4 is 28.9 Å². The molecule has 0 atom stereocenters. The molecule has 7 nitrogen and oxygen atoms in total. The second-order valence-corrected chi connectivity index (χ2v) is 5.56. The summed E-state index contributed by atoms with van der Waals surface area (Å²) in [5.41, 5.74) is 9.39. The van der Waals surface area contributed by atoms with Gasteiger partial charge in [-0.3, -0.25) is 9.59 Å². The molecular weight excluding hydrogens is 308 g/mol. The van der Waals surface area contributed by atoms with E-state index in [1.165, 1.54) is 0 Å². The highest BCUT2D eigenvalue weighted by Crippen LogP contribution is 2.21. The normalized spacial score (nSPS) is 12.9. The Labute approximate surface area is 136 Å². The van der Waals surface area contributed by atoms with Crippen molar-refractivity contribution in [3.05, 3.63) is 58.7 Å². The fraction of sp³-hybridized carbons (Fsp3) is 0.118. The van der Waals surface area contributed by atoms with Gasteiger partial charge < -0.3 is 20.8 Å². The standard InChI is InChI=1S/C17H14N4O3/c18-17-21-13-3-1-2-12(14(13)24-17)16(23)19-7-9-4-5-11-10(6-9)8-20-15(11)22/h1-6H,7-8H2,(H2,18,21)(H,19,23)(H,20,22). The molecule has 0 spiro atoms. The number of oxazole rings is 1. The number of aromatic nitrogens is 1. The number of rotatable bonds is 3. The smallest absolute Gasteiger partial charge is 0.293 e. The van der Waals surface area contributed by atoms with Gasteiger partial charge in [-0.15, -0.1) is 0 Å². The van der Waals surface area contributed by atoms with Crippen molar-refractivity contribution in [2.24, 2.45) is 0 Å². The highest BCUT2D eigenvalue weighted by atomic mass is 16.4. The van der Waals surface area contributed by atoms with Gasteiger partial charge in [0.1, 0.15) is 5.52 Å². The zero-order chi connectivity index (χ0) is 16.7. The number of nitrogens with two attached hydrogens (primary N) is 1. The molecule has 2 amide bonds. The quantitative estimate of drug-likeness (QED) is 0.678. The van der Waals surface area contributed by atoms with Crippen LogP contribution >= 0.6 is 0 Å². The van der Waals surface area contributed by atoms with Crippen molar-refractivity contribution in [1.82, 2.24) is 15.6 Å². The molecule has 2 aromatic carbocycles. The van der Waals surface area contributed by atoms with E-state index in [2.05, 4.69) is 15.6 Å². The first-order valence-electron chi connectivity index (χ1n) is 7.45. The number of hydrogen-bond acceptors (Lipinski definition) is 5. The molecule has 0 fully saturated rings. The number of carbonyl (C=O) groups is 2. The van der Waals surface area contributed by atoms with Crippen LogP contribution in [0.2, 0.25) is 0 Å². The van der Waals surface area contributed by atoms with Crippen LogP contribution < -0.4 is 16.4 Å². The van der Waals surface area contributed by atoms with Crippen molar-refractivity contribution in [3.8, 4) is 0 Å². The van der Waals surface area contributed by atoms with Gasteiger partial charge in [-0.1, -0.05) is 18.2 Å². The SMILES string of the molecule is Nc1nc2cccc(C(=O)NCc3ccc4c(c3)CNC4=O)c2o1. The molecular formula is C17H14N4O3. The minimum atomic E-state index is -0.272. The fourth-order valence-corrected chi connectivity index (χ4v) is 2.82. The summed E-state index contributed by atoms with van der Waals surface area (Å²) in [6.07, 6.45) is 0. The van der Waals surface area contributed by atoms with E-state index in [9.17, 15) is 9.59 Å². The van der Waals surface area contributed by atoms with Crippen LogP contribution in [0.5, 0.6) is 0 Å². The summed E-state index contributed by atoms with van der Waals surface area (Å²) in [6, 6.07) is 10.7. The average Bonchev–Trinajstić information content (AvgIpc) is 3.14. The number of nitrogen functional groups attached to an aromatic ring is 1. The number of para-hydroxylation sites is 1. The second-order valence-electron chi connectivity index (χ2n) is 5.56. The first-order valence-corrected chi connectivity index (χ1v) is 7.45. The van der Waals surface area contributed by atoms with Gasteiger partial charge in [0.2, 0.25) is 0 Å². The van der Waals surface area contributed by atoms with Crippen molar-refractivity contribution < 1.29 is 14.0 Å². The molecule has 0 saturated carbocycles. The predicted molar refractivity (Wildman–Crippen MR) is 87.2 cm³/mol. The molecule has 1 aromatic heterocycles. The molecule has 1 aliphatic heterocycles. The third kappa shape index (κ3) is 2.36. The van der Waals surface area contributed by atoms with Crippen molar-refractivity contribution in [2.45, 2.75) is 13.1 Å². The van der Waals surface area contributed by atoms with Crippen LogP contribution in [-0.4, -0.2) is 16.8 Å². The Hall–Kier alpha value is -3.35. The van der Waals surface area contributed by atoms with E-state index >= 15 is 0 Å². The zero-order valence-corrected chi connectivity index (χ0v) is 12.6. The molecule has 24 heavy (non-hydrogen) atoms. The molecule has 0 aliphatic carbocycles. The highest BCUT2D eigenvalue weighted by Gasteiger charge is 2.19. The first-order chi connectivity index (χ1) is 11.6. The molecule has 0 radical (unpaired) electrons. The number of fused-ring (bicyclic) bond motifs is 2. The first kappa shape index (κ1) is 14.3. The second kappa shape index (κ2) is 5.38. The summed E-state index contributed by atoms with van der Waals surface area (Å²) < 4.78 is 5.30. The fourth-order valence-electron chi connectivity index (χ4n) is 2.82. The Balaban J connectivity index is 1.53. The lowest BCUT2D eigenvalue weighted by atomic mass is 10.1. The molecule has 0 unspecified atom stereocenters. The average molecular weight is 322 g/mol. The van der Waals surface area contributed by atoms with Crippen LogP contribution in [0.3, 0.4) is 0 Å². The minimum Gasteiger partial charge on any atom is -0.423 e. The van der Waals surface area contributed by atoms with E-state index in [1.54, 1.807) is 24.3 Å². The van der Waals surface area contributed by atoms with E-state index in [-0.39, 0.29) is 17.8 Å². The van der Waals surface area contributed by atoms with Crippen LogP contribution in [0.4, 0.5) is 6.01 Å². The van der Waals surface area contributed by atoms with E-state index in [4.69, 9.17) is 10.2 Å². The van der Waals surface area contributed by atoms with Crippen LogP contribution in [-0.2, 0) is 13.1 Å². The van der Waals surface area contributed by atoms with E-state index in [0.717, 1.165) is 11.1 Å². The van der Waals surface area contributed by atoms with Gasteiger partial charge in [0, 0.05) is 18.7 Å². The van der Waals surface area contributed by atoms with E-state index < -0.39 is 0 Å². The number of amides is 2. The molecule has 0 bridgehead atoms. The zero-order valence-electron chi connectivity index (χ0n) is 12.6. The number of nitrogens with zero attached hydrogens (tertiary/aromatic N) is 1. The van der Waals surface area contributed by atoms with Crippen molar-refractivity contribution in [2.75, 3.05) is 5.73 Å². The largest absolute Gasteiger partial charge is 0.423 e. The van der Waals surface area contributed by atoms with Crippen LogP contribution in [0, 0.1) is 0 Å². The maximum atomic E-state index is 12.4. The summed E-state index contributed by atoms with van der Waals surface area (Å²) in [5.74, 6) is -0.332. The summed E-state index contributed by atoms with van der Waals surface area (Å²) in [4.78, 5) is 28.0. The molecule has 120 valence electrons. The van der Waals surface area contributed by atoms with Gasteiger partial charge >= 0.3 is 0 Å². The Morgan fingerprint density at radius 1 is 1.33 bits per heavy atom. The number of nitrogens with one attached hydrogen (secondary N) is 2. The summed E-state index contributed by atoms with van der Waals surface area (Å²) in [7, 11) is 0. The van der Waals surface area contributed by atoms with Crippen LogP contribution in [0.15, 0.2) is 40.8 Å². The Kier molecular flexibility index (Phi) is 3.19. The van der Waals surface area contributed by atoms with Crippen LogP contribution in [0.25, 0.3) is 11.1 Å². The molecule has 1 aliphatic rings. The summed E-state index contributed by atoms with van der Waals surface area (Å²) in [5, 5.41) is 5.61. The molecule has 4 rings (SSSR count). The summed E-state index contributed by atoms with van der Waals surface area (Å²) in [6.45, 7) is 0.868. The molecule has 3 aromatic rings. The summed E-state index contributed by atoms with van der Waals surface area (Å²) >= 11 is 0. The maximum absolute atomic E-state index is 12.4. The van der Waals surface area contributed by atoms with Gasteiger partial charge in [0.15, 0.2) is 5.58 Å².